The number of pyridine rings is 1. The van der Waals surface area contributed by atoms with Crippen LogP contribution in [0, 0.1) is 0 Å². The molecule has 0 bridgehead atoms. The molecule has 1 N–H and O–H groups in total. The Kier molecular flexibility index (Phi) is 8.75. The fourth-order valence-corrected chi connectivity index (χ4v) is 1.59. The standard InChI is InChI=1S/C6H14O3S.C5H5N/c1-2-3-4-5-6-10(7,8)9;1-2-4-6-5-3-1/h2-6H2,1H3,(H,7,8,9);1-5H. The summed E-state index contributed by atoms with van der Waals surface area (Å²) in [4.78, 5) is 3.78. The van der Waals surface area contributed by atoms with Crippen LogP contribution in [0.2, 0.25) is 0 Å². The van der Waals surface area contributed by atoms with Gasteiger partial charge in [-0.25, -0.2) is 0 Å². The van der Waals surface area contributed by atoms with Gasteiger partial charge in [-0.3, -0.25) is 9.54 Å². The highest BCUT2D eigenvalue weighted by Crippen LogP contribution is 2.00. The van der Waals surface area contributed by atoms with Crippen molar-refractivity contribution in [3.05, 3.63) is 30.6 Å². The highest BCUT2D eigenvalue weighted by molar-refractivity contribution is 7.85. The summed E-state index contributed by atoms with van der Waals surface area (Å²) < 4.78 is 28.6. The second-order valence-corrected chi connectivity index (χ2v) is 4.94. The van der Waals surface area contributed by atoms with Crippen molar-refractivity contribution in [3.8, 4) is 0 Å². The maximum atomic E-state index is 10.1. The first-order valence-electron chi connectivity index (χ1n) is 5.36. The van der Waals surface area contributed by atoms with Crippen molar-refractivity contribution in [1.29, 1.82) is 0 Å². The Labute approximate surface area is 97.5 Å². The van der Waals surface area contributed by atoms with E-state index in [0.29, 0.717) is 6.42 Å². The van der Waals surface area contributed by atoms with Gasteiger partial charge in [-0.05, 0) is 18.6 Å². The molecule has 0 radical (unpaired) electrons. The Morgan fingerprint density at radius 1 is 1.06 bits per heavy atom. The van der Waals surface area contributed by atoms with Crippen LogP contribution in [-0.2, 0) is 10.1 Å². The lowest BCUT2D eigenvalue weighted by atomic mass is 10.2. The largest absolute Gasteiger partial charge is 0.286 e. The zero-order valence-corrected chi connectivity index (χ0v) is 10.4. The smallest absolute Gasteiger partial charge is 0.264 e. The van der Waals surface area contributed by atoms with Gasteiger partial charge in [0.15, 0.2) is 0 Å². The quantitative estimate of drug-likeness (QED) is 0.639. The summed E-state index contributed by atoms with van der Waals surface area (Å²) in [5, 5.41) is 0. The first-order chi connectivity index (χ1) is 7.56. The van der Waals surface area contributed by atoms with Crippen LogP contribution >= 0.6 is 0 Å². The fourth-order valence-electron chi connectivity index (χ4n) is 1.02. The molecular weight excluding hydrogens is 226 g/mol. The molecule has 0 aromatic carbocycles. The zero-order valence-electron chi connectivity index (χ0n) is 9.54. The van der Waals surface area contributed by atoms with Crippen molar-refractivity contribution in [3.63, 3.8) is 0 Å². The van der Waals surface area contributed by atoms with Gasteiger partial charge < -0.3 is 0 Å². The van der Waals surface area contributed by atoms with Gasteiger partial charge >= 0.3 is 0 Å². The van der Waals surface area contributed by atoms with Gasteiger partial charge in [-0.1, -0.05) is 32.3 Å². The number of unbranched alkanes of at least 4 members (excludes halogenated alkanes) is 3. The molecule has 16 heavy (non-hydrogen) atoms. The molecule has 4 nitrogen and oxygen atoms in total. The van der Waals surface area contributed by atoms with Gasteiger partial charge in [0.2, 0.25) is 0 Å². The topological polar surface area (TPSA) is 67.3 Å². The lowest BCUT2D eigenvalue weighted by Crippen LogP contribution is -2.03. The van der Waals surface area contributed by atoms with Crippen LogP contribution in [0.5, 0.6) is 0 Å². The SMILES string of the molecule is CCCCCCS(=O)(=O)O.c1ccncc1. The number of hydrogen-bond acceptors (Lipinski definition) is 3. The maximum Gasteiger partial charge on any atom is 0.264 e. The van der Waals surface area contributed by atoms with Crippen molar-refractivity contribution < 1.29 is 13.0 Å². The third-order valence-corrected chi connectivity index (χ3v) is 2.63. The summed E-state index contributed by atoms with van der Waals surface area (Å²) in [7, 11) is -3.70. The fraction of sp³-hybridized carbons (Fsp3) is 0.545. The molecule has 0 fully saturated rings. The molecule has 0 saturated heterocycles. The second-order valence-electron chi connectivity index (χ2n) is 3.37. The predicted molar refractivity (Wildman–Crippen MR) is 64.8 cm³/mol. The molecular formula is C11H19NO3S. The molecule has 1 heterocycles. The molecule has 0 aliphatic rings. The van der Waals surface area contributed by atoms with E-state index in [1.807, 2.05) is 25.1 Å². The molecule has 0 aliphatic carbocycles. The van der Waals surface area contributed by atoms with Crippen molar-refractivity contribution in [2.75, 3.05) is 5.75 Å². The minimum atomic E-state index is -3.70. The van der Waals surface area contributed by atoms with Crippen LogP contribution in [0.25, 0.3) is 0 Å². The second kappa shape index (κ2) is 9.30. The molecule has 0 atom stereocenters. The van der Waals surface area contributed by atoms with Gasteiger partial charge in [0, 0.05) is 12.4 Å². The van der Waals surface area contributed by atoms with E-state index in [0.717, 1.165) is 19.3 Å². The third-order valence-electron chi connectivity index (χ3n) is 1.82. The molecule has 0 unspecified atom stereocenters. The number of rotatable bonds is 5. The number of nitrogens with zero attached hydrogens (tertiary/aromatic N) is 1. The Morgan fingerprint density at radius 2 is 1.69 bits per heavy atom. The normalized spacial score (nSPS) is 10.4. The minimum absolute atomic E-state index is 0.0903. The van der Waals surface area contributed by atoms with Gasteiger partial charge in [0.05, 0.1) is 5.75 Å². The van der Waals surface area contributed by atoms with E-state index in [1.165, 1.54) is 0 Å². The Balaban J connectivity index is 0.000000315. The number of aromatic nitrogens is 1. The van der Waals surface area contributed by atoms with E-state index < -0.39 is 10.1 Å². The summed E-state index contributed by atoms with van der Waals surface area (Å²) in [6, 6.07) is 5.72. The van der Waals surface area contributed by atoms with Crippen molar-refractivity contribution in [1.82, 2.24) is 4.98 Å². The van der Waals surface area contributed by atoms with Crippen molar-refractivity contribution >= 4 is 10.1 Å². The van der Waals surface area contributed by atoms with E-state index in [4.69, 9.17) is 4.55 Å². The Bertz CT molecular complexity index is 311. The molecule has 1 rings (SSSR count). The lowest BCUT2D eigenvalue weighted by molar-refractivity contribution is 0.479. The van der Waals surface area contributed by atoms with E-state index in [9.17, 15) is 8.42 Å². The summed E-state index contributed by atoms with van der Waals surface area (Å²) in [6.45, 7) is 2.05. The molecule has 0 aliphatic heterocycles. The van der Waals surface area contributed by atoms with Gasteiger partial charge in [0.1, 0.15) is 0 Å². The molecule has 1 aromatic rings. The molecule has 92 valence electrons. The summed E-state index contributed by atoms with van der Waals surface area (Å²) in [5.74, 6) is -0.0903. The summed E-state index contributed by atoms with van der Waals surface area (Å²) in [5.41, 5.74) is 0. The molecule has 0 amide bonds. The summed E-state index contributed by atoms with van der Waals surface area (Å²) >= 11 is 0. The maximum absolute atomic E-state index is 10.1. The zero-order chi connectivity index (χ0) is 12.3. The van der Waals surface area contributed by atoms with Crippen LogP contribution in [0.3, 0.4) is 0 Å². The molecule has 0 spiro atoms. The minimum Gasteiger partial charge on any atom is -0.286 e. The Morgan fingerprint density at radius 3 is 2.00 bits per heavy atom. The van der Waals surface area contributed by atoms with E-state index in [1.54, 1.807) is 12.4 Å². The highest BCUT2D eigenvalue weighted by atomic mass is 32.2. The average Bonchev–Trinajstić information content (AvgIpc) is 2.27. The molecule has 0 saturated carbocycles. The highest BCUT2D eigenvalue weighted by Gasteiger charge is 2.01. The Hall–Kier alpha value is -0.940. The van der Waals surface area contributed by atoms with E-state index in [-0.39, 0.29) is 5.75 Å². The van der Waals surface area contributed by atoms with Crippen LogP contribution in [-0.4, -0.2) is 23.7 Å². The average molecular weight is 245 g/mol. The van der Waals surface area contributed by atoms with Gasteiger partial charge in [-0.15, -0.1) is 0 Å². The molecule has 1 aromatic heterocycles. The van der Waals surface area contributed by atoms with E-state index in [2.05, 4.69) is 4.98 Å². The van der Waals surface area contributed by atoms with Crippen molar-refractivity contribution in [2.24, 2.45) is 0 Å². The predicted octanol–water partition coefficient (Wildman–Crippen LogP) is 2.54. The number of hydrogen-bond donors (Lipinski definition) is 1. The molecule has 5 heteroatoms. The summed E-state index contributed by atoms with van der Waals surface area (Å²) in [6.07, 6.45) is 7.07. The monoisotopic (exact) mass is 245 g/mol. The first kappa shape index (κ1) is 15.1. The van der Waals surface area contributed by atoms with Gasteiger partial charge in [-0.2, -0.15) is 8.42 Å². The first-order valence-corrected chi connectivity index (χ1v) is 6.97. The van der Waals surface area contributed by atoms with Gasteiger partial charge in [0.25, 0.3) is 10.1 Å². The van der Waals surface area contributed by atoms with Crippen LogP contribution in [0.15, 0.2) is 30.6 Å². The third kappa shape index (κ3) is 13.1. The van der Waals surface area contributed by atoms with Crippen LogP contribution in [0.1, 0.15) is 32.6 Å². The van der Waals surface area contributed by atoms with Crippen LogP contribution in [0.4, 0.5) is 0 Å². The van der Waals surface area contributed by atoms with Crippen molar-refractivity contribution in [2.45, 2.75) is 32.6 Å². The van der Waals surface area contributed by atoms with Crippen LogP contribution < -0.4 is 0 Å². The van der Waals surface area contributed by atoms with E-state index >= 15 is 0 Å². The lowest BCUT2D eigenvalue weighted by Gasteiger charge is -1.95.